The first-order valence-corrected chi connectivity index (χ1v) is 12.0. The zero-order valence-electron chi connectivity index (χ0n) is 18.9. The van der Waals surface area contributed by atoms with E-state index >= 15 is 0 Å². The van der Waals surface area contributed by atoms with Crippen LogP contribution in [0.4, 0.5) is 5.82 Å². The van der Waals surface area contributed by atoms with E-state index in [1.54, 1.807) is 0 Å². The predicted molar refractivity (Wildman–Crippen MR) is 124 cm³/mol. The van der Waals surface area contributed by atoms with Crippen LogP contribution in [-0.4, -0.2) is 81.4 Å². The lowest BCUT2D eigenvalue weighted by Crippen LogP contribution is -2.48. The Morgan fingerprint density at radius 2 is 1.94 bits per heavy atom. The van der Waals surface area contributed by atoms with Crippen molar-refractivity contribution in [2.24, 2.45) is 13.0 Å². The summed E-state index contributed by atoms with van der Waals surface area (Å²) >= 11 is 0. The van der Waals surface area contributed by atoms with Crippen LogP contribution in [-0.2, 0) is 18.3 Å². The maximum absolute atomic E-state index is 5.57. The van der Waals surface area contributed by atoms with E-state index in [0.29, 0.717) is 6.04 Å². The number of nitrogens with zero attached hydrogens (tertiary/aromatic N) is 7. The van der Waals surface area contributed by atoms with E-state index in [0.717, 1.165) is 64.0 Å². The van der Waals surface area contributed by atoms with Crippen molar-refractivity contribution in [3.05, 3.63) is 48.0 Å². The standard InChI is InChI=1S/C24H33N7O/c1-27-14-20(13-25-27)15-28-7-8-30(16-19-5-6-19)22(18-28)21-17-31-23(26-21)3-2-4-24(31)29-9-11-32-12-10-29/h2-4,13-14,17,19,22H,5-12,15-16,18H2,1H3/t22-/m0/s1. The third-order valence-corrected chi connectivity index (χ3v) is 7.10. The van der Waals surface area contributed by atoms with Gasteiger partial charge in [0.2, 0.25) is 0 Å². The average molecular weight is 436 g/mol. The second-order valence-electron chi connectivity index (χ2n) is 9.59. The molecule has 2 aliphatic heterocycles. The van der Waals surface area contributed by atoms with Crippen molar-refractivity contribution in [3.8, 4) is 0 Å². The fraction of sp³-hybridized carbons (Fsp3) is 0.583. The van der Waals surface area contributed by atoms with Crippen LogP contribution in [0.15, 0.2) is 36.8 Å². The Kier molecular flexibility index (Phi) is 5.37. The van der Waals surface area contributed by atoms with Gasteiger partial charge in [-0.2, -0.15) is 5.10 Å². The molecule has 0 spiro atoms. The first kappa shape index (κ1) is 20.2. The van der Waals surface area contributed by atoms with Crippen LogP contribution in [0.2, 0.25) is 0 Å². The van der Waals surface area contributed by atoms with E-state index < -0.39 is 0 Å². The summed E-state index contributed by atoms with van der Waals surface area (Å²) in [4.78, 5) is 12.8. The van der Waals surface area contributed by atoms with Crippen LogP contribution in [0.5, 0.6) is 0 Å². The van der Waals surface area contributed by atoms with Gasteiger partial charge in [0.15, 0.2) is 0 Å². The number of aromatic nitrogens is 4. The molecule has 6 rings (SSSR count). The quantitative estimate of drug-likeness (QED) is 0.592. The Morgan fingerprint density at radius 3 is 2.72 bits per heavy atom. The first-order chi connectivity index (χ1) is 15.7. The van der Waals surface area contributed by atoms with Gasteiger partial charge in [-0.25, -0.2) is 4.98 Å². The molecule has 0 bridgehead atoms. The molecule has 32 heavy (non-hydrogen) atoms. The van der Waals surface area contributed by atoms with Crippen molar-refractivity contribution in [3.63, 3.8) is 0 Å². The van der Waals surface area contributed by atoms with Gasteiger partial charge in [-0.1, -0.05) is 6.07 Å². The molecule has 0 unspecified atom stereocenters. The summed E-state index contributed by atoms with van der Waals surface area (Å²) in [6.45, 7) is 8.82. The van der Waals surface area contributed by atoms with E-state index in [1.807, 2.05) is 17.9 Å². The smallest absolute Gasteiger partial charge is 0.138 e. The lowest BCUT2D eigenvalue weighted by atomic mass is 10.1. The number of pyridine rings is 1. The van der Waals surface area contributed by atoms with Crippen LogP contribution < -0.4 is 4.90 Å². The molecule has 170 valence electrons. The van der Waals surface area contributed by atoms with E-state index in [4.69, 9.17) is 9.72 Å². The summed E-state index contributed by atoms with van der Waals surface area (Å²) in [5.74, 6) is 2.10. The molecule has 0 amide bonds. The van der Waals surface area contributed by atoms with Crippen molar-refractivity contribution in [1.29, 1.82) is 0 Å². The zero-order chi connectivity index (χ0) is 21.5. The zero-order valence-corrected chi connectivity index (χ0v) is 18.9. The maximum Gasteiger partial charge on any atom is 0.138 e. The highest BCUT2D eigenvalue weighted by Gasteiger charge is 2.34. The monoisotopic (exact) mass is 435 g/mol. The number of rotatable bonds is 6. The Bertz CT molecular complexity index is 1070. The minimum absolute atomic E-state index is 0.332. The molecular weight excluding hydrogens is 402 g/mol. The minimum Gasteiger partial charge on any atom is -0.378 e. The van der Waals surface area contributed by atoms with Gasteiger partial charge in [0.25, 0.3) is 0 Å². The number of anilines is 1. The molecule has 3 fully saturated rings. The molecular formula is C24H33N7O. The molecule has 0 radical (unpaired) electrons. The topological polar surface area (TPSA) is 54.1 Å². The van der Waals surface area contributed by atoms with Gasteiger partial charge in [0.1, 0.15) is 11.5 Å². The second-order valence-corrected chi connectivity index (χ2v) is 9.59. The Hall–Kier alpha value is -2.42. The third-order valence-electron chi connectivity index (χ3n) is 7.10. The van der Waals surface area contributed by atoms with Gasteiger partial charge in [-0.05, 0) is 30.9 Å². The molecule has 2 saturated heterocycles. The molecule has 5 heterocycles. The SMILES string of the molecule is Cn1cc(CN2CCN(CC3CC3)[C@H](c3cn4c(N5CCOCC5)cccc4n3)C2)cn1. The largest absolute Gasteiger partial charge is 0.378 e. The normalized spacial score (nSPS) is 23.3. The van der Waals surface area contributed by atoms with Gasteiger partial charge in [0, 0.05) is 70.8 Å². The van der Waals surface area contributed by atoms with Crippen LogP contribution in [0.3, 0.4) is 0 Å². The molecule has 0 N–H and O–H groups in total. The summed E-state index contributed by atoms with van der Waals surface area (Å²) in [5.41, 5.74) is 3.52. The van der Waals surface area contributed by atoms with Crippen molar-refractivity contribution in [1.82, 2.24) is 29.0 Å². The second kappa shape index (κ2) is 8.50. The fourth-order valence-corrected chi connectivity index (χ4v) is 5.19. The highest BCUT2D eigenvalue weighted by atomic mass is 16.5. The van der Waals surface area contributed by atoms with E-state index in [1.165, 1.54) is 36.5 Å². The maximum atomic E-state index is 5.57. The number of hydrogen-bond acceptors (Lipinski definition) is 6. The number of fused-ring (bicyclic) bond motifs is 1. The third kappa shape index (κ3) is 4.14. The van der Waals surface area contributed by atoms with Gasteiger partial charge >= 0.3 is 0 Å². The first-order valence-electron chi connectivity index (χ1n) is 12.0. The molecule has 8 nitrogen and oxygen atoms in total. The van der Waals surface area contributed by atoms with E-state index in [9.17, 15) is 0 Å². The number of imidazole rings is 1. The summed E-state index contributed by atoms with van der Waals surface area (Å²) in [5, 5.41) is 4.36. The van der Waals surface area contributed by atoms with Crippen LogP contribution >= 0.6 is 0 Å². The number of piperazine rings is 1. The molecule has 1 aliphatic carbocycles. The molecule has 1 saturated carbocycles. The van der Waals surface area contributed by atoms with Crippen LogP contribution in [0.1, 0.15) is 30.1 Å². The summed E-state index contributed by atoms with van der Waals surface area (Å²) in [6.07, 6.45) is 9.18. The van der Waals surface area contributed by atoms with Crippen molar-refractivity contribution < 1.29 is 4.74 Å². The van der Waals surface area contributed by atoms with Gasteiger partial charge in [-0.3, -0.25) is 18.9 Å². The van der Waals surface area contributed by atoms with Crippen molar-refractivity contribution in [2.75, 3.05) is 57.4 Å². The van der Waals surface area contributed by atoms with Gasteiger partial charge in [0.05, 0.1) is 31.1 Å². The summed E-state index contributed by atoms with van der Waals surface area (Å²) in [6, 6.07) is 6.81. The number of morpholine rings is 1. The van der Waals surface area contributed by atoms with Crippen molar-refractivity contribution in [2.45, 2.75) is 25.4 Å². The molecule has 8 heteroatoms. The van der Waals surface area contributed by atoms with Gasteiger partial charge < -0.3 is 9.64 Å². The number of aryl methyl sites for hydroxylation is 1. The molecule has 3 aromatic rings. The summed E-state index contributed by atoms with van der Waals surface area (Å²) < 4.78 is 9.75. The number of hydrogen-bond donors (Lipinski definition) is 0. The van der Waals surface area contributed by atoms with E-state index in [-0.39, 0.29) is 0 Å². The van der Waals surface area contributed by atoms with Crippen LogP contribution in [0, 0.1) is 5.92 Å². The lowest BCUT2D eigenvalue weighted by molar-refractivity contribution is 0.0640. The average Bonchev–Trinajstić information content (AvgIpc) is 3.37. The molecule has 0 aromatic carbocycles. The Labute approximate surface area is 189 Å². The Balaban J connectivity index is 1.28. The minimum atomic E-state index is 0.332. The predicted octanol–water partition coefficient (Wildman–Crippen LogP) is 2.17. The summed E-state index contributed by atoms with van der Waals surface area (Å²) in [7, 11) is 1.99. The van der Waals surface area contributed by atoms with Crippen molar-refractivity contribution >= 4 is 11.5 Å². The lowest BCUT2D eigenvalue weighted by Gasteiger charge is -2.40. The van der Waals surface area contributed by atoms with Crippen LogP contribution in [0.25, 0.3) is 5.65 Å². The highest BCUT2D eigenvalue weighted by Crippen LogP contribution is 2.35. The molecule has 1 atom stereocenters. The van der Waals surface area contributed by atoms with Gasteiger partial charge in [-0.15, -0.1) is 0 Å². The molecule has 3 aliphatic rings. The number of ether oxygens (including phenoxy) is 1. The highest BCUT2D eigenvalue weighted by molar-refractivity contribution is 5.53. The fourth-order valence-electron chi connectivity index (χ4n) is 5.19. The van der Waals surface area contributed by atoms with E-state index in [2.05, 4.69) is 54.8 Å². The molecule has 3 aromatic heterocycles. The Morgan fingerprint density at radius 1 is 1.06 bits per heavy atom.